The highest BCUT2D eigenvalue weighted by Crippen LogP contribution is 2.22. The number of anilines is 1. The van der Waals surface area contributed by atoms with Crippen LogP contribution in [0.1, 0.15) is 23.6 Å². The Hall–Kier alpha value is -2.49. The van der Waals surface area contributed by atoms with Crippen LogP contribution < -0.4 is 14.8 Å². The summed E-state index contributed by atoms with van der Waals surface area (Å²) in [5.74, 6) is 1.34. The molecule has 0 saturated heterocycles. The van der Waals surface area contributed by atoms with Crippen LogP contribution in [0.15, 0.2) is 36.4 Å². The van der Waals surface area contributed by atoms with E-state index in [1.807, 2.05) is 51.1 Å². The SMILES string of the molecule is CCOc1ccc(NC(=O)COc2cc(C)c(C)cc2C)cc1. The third kappa shape index (κ3) is 4.74. The van der Waals surface area contributed by atoms with Crippen molar-refractivity contribution in [3.05, 3.63) is 53.1 Å². The van der Waals surface area contributed by atoms with E-state index in [0.717, 1.165) is 28.3 Å². The predicted molar refractivity (Wildman–Crippen MR) is 92.4 cm³/mol. The van der Waals surface area contributed by atoms with Gasteiger partial charge in [-0.25, -0.2) is 0 Å². The van der Waals surface area contributed by atoms with Gasteiger partial charge in [0.25, 0.3) is 5.91 Å². The molecule has 122 valence electrons. The highest BCUT2D eigenvalue weighted by molar-refractivity contribution is 5.91. The largest absolute Gasteiger partial charge is 0.494 e. The van der Waals surface area contributed by atoms with Gasteiger partial charge in [0.05, 0.1) is 6.61 Å². The van der Waals surface area contributed by atoms with Gasteiger partial charge in [-0.2, -0.15) is 0 Å². The Labute approximate surface area is 137 Å². The fraction of sp³-hybridized carbons (Fsp3) is 0.316. The maximum atomic E-state index is 12.0. The Morgan fingerprint density at radius 2 is 1.61 bits per heavy atom. The van der Waals surface area contributed by atoms with E-state index in [1.165, 1.54) is 5.56 Å². The van der Waals surface area contributed by atoms with Crippen molar-refractivity contribution >= 4 is 11.6 Å². The number of carbonyl (C=O) groups is 1. The van der Waals surface area contributed by atoms with Gasteiger partial charge in [-0.1, -0.05) is 6.07 Å². The fourth-order valence-electron chi connectivity index (χ4n) is 2.23. The number of benzene rings is 2. The first kappa shape index (κ1) is 16.9. The van der Waals surface area contributed by atoms with Gasteiger partial charge >= 0.3 is 0 Å². The number of hydrogen-bond acceptors (Lipinski definition) is 3. The molecule has 0 aromatic heterocycles. The molecule has 0 aliphatic heterocycles. The van der Waals surface area contributed by atoms with E-state index in [2.05, 4.69) is 18.3 Å². The molecule has 1 N–H and O–H groups in total. The summed E-state index contributed by atoms with van der Waals surface area (Å²) < 4.78 is 11.0. The molecule has 4 heteroatoms. The average molecular weight is 313 g/mol. The molecular formula is C19H23NO3. The number of rotatable bonds is 6. The van der Waals surface area contributed by atoms with Crippen molar-refractivity contribution in [3.8, 4) is 11.5 Å². The normalized spacial score (nSPS) is 10.3. The van der Waals surface area contributed by atoms with Gasteiger partial charge in [0.15, 0.2) is 6.61 Å². The van der Waals surface area contributed by atoms with Crippen LogP contribution in [0.3, 0.4) is 0 Å². The van der Waals surface area contributed by atoms with Gasteiger partial charge < -0.3 is 14.8 Å². The summed E-state index contributed by atoms with van der Waals surface area (Å²) in [5.41, 5.74) is 4.12. The number of nitrogens with one attached hydrogen (secondary N) is 1. The summed E-state index contributed by atoms with van der Waals surface area (Å²) in [6.07, 6.45) is 0. The third-order valence-corrected chi connectivity index (χ3v) is 3.60. The van der Waals surface area contributed by atoms with E-state index in [9.17, 15) is 4.79 Å². The lowest BCUT2D eigenvalue weighted by Gasteiger charge is -2.12. The second-order valence-corrected chi connectivity index (χ2v) is 5.50. The maximum absolute atomic E-state index is 12.0. The van der Waals surface area contributed by atoms with Crippen molar-refractivity contribution < 1.29 is 14.3 Å². The number of ether oxygens (including phenoxy) is 2. The van der Waals surface area contributed by atoms with E-state index in [1.54, 1.807) is 0 Å². The minimum absolute atomic E-state index is 0.0173. The van der Waals surface area contributed by atoms with Crippen molar-refractivity contribution in [1.29, 1.82) is 0 Å². The third-order valence-electron chi connectivity index (χ3n) is 3.60. The molecule has 0 radical (unpaired) electrons. The van der Waals surface area contributed by atoms with Crippen molar-refractivity contribution in [2.45, 2.75) is 27.7 Å². The topological polar surface area (TPSA) is 47.6 Å². The van der Waals surface area contributed by atoms with E-state index < -0.39 is 0 Å². The highest BCUT2D eigenvalue weighted by Gasteiger charge is 2.07. The molecule has 0 aliphatic rings. The quantitative estimate of drug-likeness (QED) is 0.876. The van der Waals surface area contributed by atoms with Crippen molar-refractivity contribution in [2.24, 2.45) is 0 Å². The smallest absolute Gasteiger partial charge is 0.262 e. The zero-order valence-electron chi connectivity index (χ0n) is 14.1. The van der Waals surface area contributed by atoms with Crippen molar-refractivity contribution in [2.75, 3.05) is 18.5 Å². The number of hydrogen-bond donors (Lipinski definition) is 1. The van der Waals surface area contributed by atoms with Crippen molar-refractivity contribution in [1.82, 2.24) is 0 Å². The second-order valence-electron chi connectivity index (χ2n) is 5.50. The minimum Gasteiger partial charge on any atom is -0.494 e. The molecule has 0 atom stereocenters. The molecule has 1 amide bonds. The molecule has 2 aromatic rings. The summed E-state index contributed by atoms with van der Waals surface area (Å²) >= 11 is 0. The Morgan fingerprint density at radius 1 is 0.957 bits per heavy atom. The molecule has 0 unspecified atom stereocenters. The van der Waals surface area contributed by atoms with Gasteiger partial charge in [0.2, 0.25) is 0 Å². The monoisotopic (exact) mass is 313 g/mol. The maximum Gasteiger partial charge on any atom is 0.262 e. The standard InChI is InChI=1S/C19H23NO3/c1-5-22-17-8-6-16(7-9-17)20-19(21)12-23-18-11-14(3)13(2)10-15(18)4/h6-11H,5,12H2,1-4H3,(H,20,21). The zero-order valence-corrected chi connectivity index (χ0v) is 14.1. The first-order valence-electron chi connectivity index (χ1n) is 7.73. The van der Waals surface area contributed by atoms with Crippen LogP contribution >= 0.6 is 0 Å². The Kier molecular flexibility index (Phi) is 5.63. The van der Waals surface area contributed by atoms with Crippen LogP contribution in [0.25, 0.3) is 0 Å². The zero-order chi connectivity index (χ0) is 16.8. The molecule has 0 bridgehead atoms. The van der Waals surface area contributed by atoms with Crippen LogP contribution in [0.2, 0.25) is 0 Å². The molecule has 0 saturated carbocycles. The Balaban J connectivity index is 1.91. The van der Waals surface area contributed by atoms with Gasteiger partial charge in [-0.05, 0) is 74.7 Å². The molecule has 23 heavy (non-hydrogen) atoms. The molecule has 4 nitrogen and oxygen atoms in total. The van der Waals surface area contributed by atoms with Crippen LogP contribution in [0.4, 0.5) is 5.69 Å². The van der Waals surface area contributed by atoms with E-state index in [4.69, 9.17) is 9.47 Å². The molecule has 0 heterocycles. The highest BCUT2D eigenvalue weighted by atomic mass is 16.5. The van der Waals surface area contributed by atoms with Crippen molar-refractivity contribution in [3.63, 3.8) is 0 Å². The Bertz CT molecular complexity index is 678. The van der Waals surface area contributed by atoms with E-state index in [0.29, 0.717) is 6.61 Å². The van der Waals surface area contributed by atoms with Crippen LogP contribution in [0, 0.1) is 20.8 Å². The summed E-state index contributed by atoms with van der Waals surface area (Å²) in [6, 6.07) is 11.3. The molecule has 0 fully saturated rings. The summed E-state index contributed by atoms with van der Waals surface area (Å²) in [6.45, 7) is 8.60. The van der Waals surface area contributed by atoms with Crippen LogP contribution in [-0.4, -0.2) is 19.1 Å². The predicted octanol–water partition coefficient (Wildman–Crippen LogP) is 4.03. The van der Waals surface area contributed by atoms with E-state index >= 15 is 0 Å². The van der Waals surface area contributed by atoms with Gasteiger partial charge in [0, 0.05) is 5.69 Å². The molecule has 0 spiro atoms. The lowest BCUT2D eigenvalue weighted by Crippen LogP contribution is -2.20. The summed E-state index contributed by atoms with van der Waals surface area (Å²) in [5, 5.41) is 2.81. The second kappa shape index (κ2) is 7.68. The lowest BCUT2D eigenvalue weighted by atomic mass is 10.1. The molecule has 0 aliphatic carbocycles. The molecule has 2 rings (SSSR count). The van der Waals surface area contributed by atoms with Gasteiger partial charge in [0.1, 0.15) is 11.5 Å². The number of amides is 1. The Morgan fingerprint density at radius 3 is 2.26 bits per heavy atom. The van der Waals surface area contributed by atoms with Crippen LogP contribution in [0.5, 0.6) is 11.5 Å². The lowest BCUT2D eigenvalue weighted by molar-refractivity contribution is -0.118. The summed E-state index contributed by atoms with van der Waals surface area (Å²) in [4.78, 5) is 12.0. The fourth-order valence-corrected chi connectivity index (χ4v) is 2.23. The molecule has 2 aromatic carbocycles. The summed E-state index contributed by atoms with van der Waals surface area (Å²) in [7, 11) is 0. The van der Waals surface area contributed by atoms with E-state index in [-0.39, 0.29) is 12.5 Å². The first-order chi connectivity index (χ1) is 11.0. The van der Waals surface area contributed by atoms with Gasteiger partial charge in [-0.3, -0.25) is 4.79 Å². The number of aryl methyl sites for hydroxylation is 3. The average Bonchev–Trinajstić information content (AvgIpc) is 2.52. The van der Waals surface area contributed by atoms with Gasteiger partial charge in [-0.15, -0.1) is 0 Å². The molecular weight excluding hydrogens is 290 g/mol. The minimum atomic E-state index is -0.188. The van der Waals surface area contributed by atoms with Crippen LogP contribution in [-0.2, 0) is 4.79 Å². The first-order valence-corrected chi connectivity index (χ1v) is 7.73. The number of carbonyl (C=O) groups excluding carboxylic acids is 1.